The van der Waals surface area contributed by atoms with Crippen LogP contribution in [0.2, 0.25) is 15.1 Å². The number of rotatable bonds is 8. The standard InChI is InChI=1S/C21H13Cl3F6O3S2/c22-13-1-7-16(8-2-13)34(17-9-3-14(23)4-10-17,18-11-5-15(24)6-12-18)33-35(31,32)21(29,30)20(27,28)19(25)26/h1-12,19H. The smallest absolute Gasteiger partial charge is 0.203 e. The molecule has 0 N–H and O–H groups in total. The van der Waals surface area contributed by atoms with Gasteiger partial charge in [-0.3, -0.25) is 0 Å². The molecule has 14 heteroatoms. The highest BCUT2D eigenvalue weighted by molar-refractivity contribution is 8.33. The molecule has 3 aromatic carbocycles. The van der Waals surface area contributed by atoms with E-state index in [1.54, 1.807) is 0 Å². The van der Waals surface area contributed by atoms with Crippen molar-refractivity contribution in [1.29, 1.82) is 0 Å². The Morgan fingerprint density at radius 1 is 0.629 bits per heavy atom. The van der Waals surface area contributed by atoms with Gasteiger partial charge in [-0.25, -0.2) is 12.4 Å². The largest absolute Gasteiger partial charge is 0.438 e. The lowest BCUT2D eigenvalue weighted by Gasteiger charge is -2.40. The van der Waals surface area contributed by atoms with Gasteiger partial charge in [0.05, 0.1) is 0 Å². The van der Waals surface area contributed by atoms with E-state index in [-0.39, 0.29) is 29.8 Å². The average Bonchev–Trinajstić information content (AvgIpc) is 2.79. The van der Waals surface area contributed by atoms with Crippen molar-refractivity contribution in [2.75, 3.05) is 0 Å². The van der Waals surface area contributed by atoms with E-state index in [4.69, 9.17) is 38.4 Å². The van der Waals surface area contributed by atoms with Crippen LogP contribution in [0.4, 0.5) is 26.3 Å². The van der Waals surface area contributed by atoms with Crippen molar-refractivity contribution in [3.8, 4) is 0 Å². The van der Waals surface area contributed by atoms with Crippen LogP contribution < -0.4 is 0 Å². The minimum atomic E-state index is -6.72. The quantitative estimate of drug-likeness (QED) is 0.244. The lowest BCUT2D eigenvalue weighted by molar-refractivity contribution is -0.227. The number of benzene rings is 3. The van der Waals surface area contributed by atoms with Crippen LogP contribution in [0.3, 0.4) is 0 Å². The highest BCUT2D eigenvalue weighted by Gasteiger charge is 2.72. The van der Waals surface area contributed by atoms with Gasteiger partial charge in [0.25, 0.3) is 0 Å². The first-order valence-corrected chi connectivity index (χ1v) is 13.3. The van der Waals surface area contributed by atoms with Crippen molar-refractivity contribution in [2.24, 2.45) is 0 Å². The Hall–Kier alpha value is -1.63. The van der Waals surface area contributed by atoms with Crippen LogP contribution in [0.1, 0.15) is 0 Å². The maximum Gasteiger partial charge on any atom is 0.438 e. The molecule has 0 unspecified atom stereocenters. The lowest BCUT2D eigenvalue weighted by Crippen LogP contribution is -2.52. The average molecular weight is 598 g/mol. The molecule has 0 fully saturated rings. The predicted octanol–water partition coefficient (Wildman–Crippen LogP) is 8.68. The molecule has 0 spiro atoms. The molecule has 0 amide bonds. The summed E-state index contributed by atoms with van der Waals surface area (Å²) in [5.41, 5.74) is 0. The van der Waals surface area contributed by atoms with E-state index >= 15 is 0 Å². The molecule has 0 aromatic heterocycles. The molecular formula is C21H13Cl3F6O3S2. The highest BCUT2D eigenvalue weighted by atomic mass is 35.5. The third-order valence-corrected chi connectivity index (χ3v) is 10.6. The lowest BCUT2D eigenvalue weighted by atomic mass is 10.3. The maximum absolute atomic E-state index is 14.5. The van der Waals surface area contributed by atoms with Gasteiger partial charge in [0, 0.05) is 29.8 Å². The second-order valence-electron chi connectivity index (χ2n) is 6.88. The molecule has 0 saturated carbocycles. The number of alkyl halides is 6. The normalized spacial score (nSPS) is 13.8. The molecule has 0 aliphatic heterocycles. The summed E-state index contributed by atoms with van der Waals surface area (Å²) in [5.74, 6) is -6.25. The fraction of sp³-hybridized carbons (Fsp3) is 0.143. The molecule has 0 aliphatic rings. The molecule has 0 atom stereocenters. The van der Waals surface area contributed by atoms with Crippen LogP contribution in [0.5, 0.6) is 0 Å². The van der Waals surface area contributed by atoms with Crippen LogP contribution in [0, 0.1) is 0 Å². The Morgan fingerprint density at radius 3 is 1.17 bits per heavy atom. The summed E-state index contributed by atoms with van der Waals surface area (Å²) in [6, 6.07) is 15.1. The summed E-state index contributed by atoms with van der Waals surface area (Å²) in [7, 11) is -10.6. The van der Waals surface area contributed by atoms with Gasteiger partial charge in [-0.2, -0.15) is 26.0 Å². The molecule has 0 saturated heterocycles. The Balaban J connectivity index is 2.39. The van der Waals surface area contributed by atoms with Crippen LogP contribution in [-0.4, -0.2) is 26.0 Å². The van der Waals surface area contributed by atoms with Gasteiger partial charge in [0.2, 0.25) is 0 Å². The topological polar surface area (TPSA) is 43.4 Å². The highest BCUT2D eigenvalue weighted by Crippen LogP contribution is 2.71. The number of hydrogen-bond acceptors (Lipinski definition) is 3. The minimum Gasteiger partial charge on any atom is -0.203 e. The molecule has 0 aliphatic carbocycles. The molecule has 3 nitrogen and oxygen atoms in total. The van der Waals surface area contributed by atoms with Crippen LogP contribution in [0.15, 0.2) is 87.5 Å². The molecule has 3 rings (SSSR count). The zero-order valence-corrected chi connectivity index (χ0v) is 20.8. The Kier molecular flexibility index (Phi) is 8.01. The summed E-state index contributed by atoms with van der Waals surface area (Å²) < 4.78 is 112. The van der Waals surface area contributed by atoms with Crippen molar-refractivity contribution >= 4 is 55.2 Å². The molecule has 190 valence electrons. The van der Waals surface area contributed by atoms with E-state index in [2.05, 4.69) is 0 Å². The van der Waals surface area contributed by atoms with E-state index in [9.17, 15) is 34.8 Å². The fourth-order valence-electron chi connectivity index (χ4n) is 2.88. The van der Waals surface area contributed by atoms with Gasteiger partial charge in [0.15, 0.2) is 0 Å². The molecule has 35 heavy (non-hydrogen) atoms. The summed E-state index contributed by atoms with van der Waals surface area (Å²) in [6.45, 7) is 0. The zero-order valence-electron chi connectivity index (χ0n) is 16.9. The molecular weight excluding hydrogens is 585 g/mol. The van der Waals surface area contributed by atoms with E-state index in [1.807, 2.05) is 0 Å². The number of hydrogen-bond donors (Lipinski definition) is 0. The van der Waals surface area contributed by atoms with Crippen molar-refractivity contribution in [3.05, 3.63) is 87.9 Å². The van der Waals surface area contributed by atoms with Crippen molar-refractivity contribution < 1.29 is 38.4 Å². The van der Waals surface area contributed by atoms with E-state index < -0.39 is 38.0 Å². The Bertz CT molecular complexity index is 1180. The van der Waals surface area contributed by atoms with Gasteiger partial charge in [-0.1, -0.05) is 34.8 Å². The third kappa shape index (κ3) is 5.12. The molecule has 0 bridgehead atoms. The van der Waals surface area contributed by atoms with Gasteiger partial charge in [0.1, 0.15) is 0 Å². The van der Waals surface area contributed by atoms with Gasteiger partial charge < -0.3 is 0 Å². The van der Waals surface area contributed by atoms with Crippen molar-refractivity contribution in [3.63, 3.8) is 0 Å². The van der Waals surface area contributed by atoms with Crippen molar-refractivity contribution in [2.45, 2.75) is 32.3 Å². The van der Waals surface area contributed by atoms with Gasteiger partial charge >= 0.3 is 27.7 Å². The molecule has 0 heterocycles. The maximum atomic E-state index is 14.5. The Labute approximate surface area is 213 Å². The first-order chi connectivity index (χ1) is 16.1. The Morgan fingerprint density at radius 2 is 0.914 bits per heavy atom. The van der Waals surface area contributed by atoms with Gasteiger partial charge in [-0.15, -0.1) is 0 Å². The molecule has 0 radical (unpaired) electrons. The summed E-state index contributed by atoms with van der Waals surface area (Å²) >= 11 is 17.7. The third-order valence-electron chi connectivity index (χ3n) is 4.60. The van der Waals surface area contributed by atoms with Crippen LogP contribution in [0.25, 0.3) is 0 Å². The first-order valence-electron chi connectivity index (χ1n) is 9.25. The molecule has 3 aromatic rings. The second kappa shape index (κ2) is 10.0. The minimum absolute atomic E-state index is 0.0775. The monoisotopic (exact) mass is 596 g/mol. The SMILES string of the molecule is O=S(=O)(OS(c1ccc(Cl)cc1)(c1ccc(Cl)cc1)c1ccc(Cl)cc1)C(F)(F)C(F)(F)C(F)F. The zero-order chi connectivity index (χ0) is 26.2. The number of halogens is 9. The van der Waals surface area contributed by atoms with Gasteiger partial charge in [-0.05, 0) is 83.1 Å². The van der Waals surface area contributed by atoms with E-state index in [0.717, 1.165) is 0 Å². The summed E-state index contributed by atoms with van der Waals surface area (Å²) in [6.07, 6.45) is -5.00. The van der Waals surface area contributed by atoms with E-state index in [1.165, 1.54) is 72.8 Å². The first kappa shape index (κ1) is 27.9. The van der Waals surface area contributed by atoms with E-state index in [0.29, 0.717) is 0 Å². The van der Waals surface area contributed by atoms with Crippen LogP contribution in [-0.2, 0) is 13.7 Å². The second-order valence-corrected chi connectivity index (χ2v) is 12.7. The van der Waals surface area contributed by atoms with Crippen LogP contribution >= 0.6 is 45.1 Å². The predicted molar refractivity (Wildman–Crippen MR) is 123 cm³/mol. The van der Waals surface area contributed by atoms with Crippen molar-refractivity contribution in [1.82, 2.24) is 0 Å². The summed E-state index contributed by atoms with van der Waals surface area (Å²) in [4.78, 5) is -0.233. The summed E-state index contributed by atoms with van der Waals surface area (Å²) in [5, 5.41) is -5.78. The fourth-order valence-corrected chi connectivity index (χ4v) is 8.41.